The van der Waals surface area contributed by atoms with Gasteiger partial charge >= 0.3 is 0 Å². The van der Waals surface area contributed by atoms with Gasteiger partial charge in [-0.15, -0.1) is 0 Å². The molecular formula is C17H24N2O2. The third kappa shape index (κ3) is 3.44. The highest BCUT2D eigenvalue weighted by molar-refractivity contribution is 5.87. The first kappa shape index (κ1) is 14.5. The van der Waals surface area contributed by atoms with Gasteiger partial charge in [0, 0.05) is 38.6 Å². The average molecular weight is 288 g/mol. The zero-order valence-corrected chi connectivity index (χ0v) is 12.9. The van der Waals surface area contributed by atoms with E-state index in [9.17, 15) is 0 Å². The SMILES string of the molecule is CN(C)/N=C1/CCC2(CC1Cc1ccccc1)OCCO2. The molecule has 2 aliphatic rings. The Hall–Kier alpha value is -1.39. The van der Waals surface area contributed by atoms with Gasteiger partial charge in [-0.2, -0.15) is 5.10 Å². The molecule has 4 nitrogen and oxygen atoms in total. The third-order valence-electron chi connectivity index (χ3n) is 4.26. The van der Waals surface area contributed by atoms with Crippen molar-refractivity contribution in [2.75, 3.05) is 27.3 Å². The molecule has 1 saturated heterocycles. The van der Waals surface area contributed by atoms with E-state index in [0.717, 1.165) is 38.9 Å². The van der Waals surface area contributed by atoms with Crippen LogP contribution in [0.25, 0.3) is 0 Å². The highest BCUT2D eigenvalue weighted by Gasteiger charge is 2.43. The second-order valence-corrected chi connectivity index (χ2v) is 6.14. The van der Waals surface area contributed by atoms with Crippen molar-refractivity contribution in [1.82, 2.24) is 5.01 Å². The molecule has 1 aromatic carbocycles. The first-order valence-electron chi connectivity index (χ1n) is 7.73. The molecule has 2 fully saturated rings. The Balaban J connectivity index is 1.79. The molecule has 114 valence electrons. The van der Waals surface area contributed by atoms with Crippen LogP contribution in [0.5, 0.6) is 0 Å². The number of rotatable bonds is 3. The highest BCUT2D eigenvalue weighted by Crippen LogP contribution is 2.39. The number of benzene rings is 1. The zero-order valence-electron chi connectivity index (χ0n) is 12.9. The summed E-state index contributed by atoms with van der Waals surface area (Å²) in [7, 11) is 3.97. The van der Waals surface area contributed by atoms with Gasteiger partial charge in [0.15, 0.2) is 5.79 Å². The molecule has 1 aromatic rings. The molecule has 0 radical (unpaired) electrons. The molecule has 4 heteroatoms. The van der Waals surface area contributed by atoms with E-state index in [1.54, 1.807) is 0 Å². The lowest BCUT2D eigenvalue weighted by Gasteiger charge is -2.37. The summed E-state index contributed by atoms with van der Waals surface area (Å²) in [5, 5.41) is 6.61. The normalized spacial score (nSPS) is 26.4. The topological polar surface area (TPSA) is 34.1 Å². The molecule has 0 aromatic heterocycles. The molecule has 1 unspecified atom stereocenters. The number of nitrogens with zero attached hydrogens (tertiary/aromatic N) is 2. The lowest BCUT2D eigenvalue weighted by atomic mass is 9.79. The van der Waals surface area contributed by atoms with Gasteiger partial charge in [-0.25, -0.2) is 0 Å². The maximum atomic E-state index is 5.91. The monoisotopic (exact) mass is 288 g/mol. The molecule has 1 atom stereocenters. The second kappa shape index (κ2) is 6.16. The van der Waals surface area contributed by atoms with Gasteiger partial charge in [0.2, 0.25) is 0 Å². The van der Waals surface area contributed by atoms with Crippen molar-refractivity contribution in [1.29, 1.82) is 0 Å². The summed E-state index contributed by atoms with van der Waals surface area (Å²) >= 11 is 0. The van der Waals surface area contributed by atoms with Crippen molar-refractivity contribution in [3.8, 4) is 0 Å². The Morgan fingerprint density at radius 2 is 1.90 bits per heavy atom. The predicted molar refractivity (Wildman–Crippen MR) is 83.2 cm³/mol. The highest BCUT2D eigenvalue weighted by atomic mass is 16.7. The van der Waals surface area contributed by atoms with Crippen LogP contribution in [0.4, 0.5) is 0 Å². The van der Waals surface area contributed by atoms with E-state index in [0.29, 0.717) is 5.92 Å². The van der Waals surface area contributed by atoms with Crippen LogP contribution < -0.4 is 0 Å². The van der Waals surface area contributed by atoms with Crippen LogP contribution in [0.15, 0.2) is 35.4 Å². The van der Waals surface area contributed by atoms with Crippen LogP contribution in [0.2, 0.25) is 0 Å². The Morgan fingerprint density at radius 1 is 1.19 bits per heavy atom. The minimum atomic E-state index is -0.356. The summed E-state index contributed by atoms with van der Waals surface area (Å²) in [6, 6.07) is 10.6. The quantitative estimate of drug-likeness (QED) is 0.802. The summed E-state index contributed by atoms with van der Waals surface area (Å²) in [5.41, 5.74) is 2.62. The predicted octanol–water partition coefficient (Wildman–Crippen LogP) is 2.69. The fraction of sp³-hybridized carbons (Fsp3) is 0.588. The molecule has 1 aliphatic heterocycles. The number of hydrogen-bond donors (Lipinski definition) is 0. The Bertz CT molecular complexity index is 493. The van der Waals surface area contributed by atoms with E-state index in [4.69, 9.17) is 14.6 Å². The maximum absolute atomic E-state index is 5.91. The van der Waals surface area contributed by atoms with Gasteiger partial charge in [0.25, 0.3) is 0 Å². The van der Waals surface area contributed by atoms with Gasteiger partial charge in [-0.1, -0.05) is 30.3 Å². The molecule has 1 aliphatic carbocycles. The molecule has 1 saturated carbocycles. The van der Waals surface area contributed by atoms with E-state index in [-0.39, 0.29) is 5.79 Å². The van der Waals surface area contributed by atoms with Gasteiger partial charge in [-0.3, -0.25) is 0 Å². The van der Waals surface area contributed by atoms with Gasteiger partial charge in [0.05, 0.1) is 13.2 Å². The van der Waals surface area contributed by atoms with Crippen LogP contribution in [0.1, 0.15) is 24.8 Å². The summed E-state index contributed by atoms with van der Waals surface area (Å²) < 4.78 is 11.8. The minimum Gasteiger partial charge on any atom is -0.347 e. The largest absolute Gasteiger partial charge is 0.347 e. The van der Waals surface area contributed by atoms with E-state index in [1.807, 2.05) is 19.1 Å². The van der Waals surface area contributed by atoms with Crippen LogP contribution in [-0.2, 0) is 15.9 Å². The number of hydrazone groups is 1. The smallest absolute Gasteiger partial charge is 0.169 e. The Kier molecular flexibility index (Phi) is 4.27. The van der Waals surface area contributed by atoms with Gasteiger partial charge in [-0.05, 0) is 18.4 Å². The summed E-state index contributed by atoms with van der Waals surface area (Å²) in [5.74, 6) is 0.0340. The first-order chi connectivity index (χ1) is 10.2. The van der Waals surface area contributed by atoms with E-state index >= 15 is 0 Å². The average Bonchev–Trinajstić information content (AvgIpc) is 2.91. The van der Waals surface area contributed by atoms with Crippen LogP contribution >= 0.6 is 0 Å². The second-order valence-electron chi connectivity index (χ2n) is 6.14. The summed E-state index contributed by atoms with van der Waals surface area (Å²) in [6.45, 7) is 1.44. The molecule has 1 heterocycles. The zero-order chi connectivity index (χ0) is 14.7. The van der Waals surface area contributed by atoms with Crippen LogP contribution in [-0.4, -0.2) is 43.8 Å². The number of ether oxygens (including phenoxy) is 2. The van der Waals surface area contributed by atoms with Crippen molar-refractivity contribution >= 4 is 5.71 Å². The molecule has 1 spiro atoms. The van der Waals surface area contributed by atoms with Crippen molar-refractivity contribution in [2.45, 2.75) is 31.5 Å². The van der Waals surface area contributed by atoms with Crippen LogP contribution in [0.3, 0.4) is 0 Å². The van der Waals surface area contributed by atoms with Crippen molar-refractivity contribution in [2.24, 2.45) is 11.0 Å². The fourth-order valence-electron chi connectivity index (χ4n) is 3.35. The summed E-state index contributed by atoms with van der Waals surface area (Å²) in [6.07, 6.45) is 3.79. The first-order valence-corrected chi connectivity index (χ1v) is 7.73. The lowest BCUT2D eigenvalue weighted by molar-refractivity contribution is -0.174. The number of hydrogen-bond acceptors (Lipinski definition) is 4. The summed E-state index contributed by atoms with van der Waals surface area (Å²) in [4.78, 5) is 0. The van der Waals surface area contributed by atoms with Crippen molar-refractivity contribution in [3.05, 3.63) is 35.9 Å². The van der Waals surface area contributed by atoms with Crippen molar-refractivity contribution in [3.63, 3.8) is 0 Å². The lowest BCUT2D eigenvalue weighted by Crippen LogP contribution is -2.41. The Labute approximate surface area is 126 Å². The van der Waals surface area contributed by atoms with E-state index in [1.165, 1.54) is 11.3 Å². The fourth-order valence-corrected chi connectivity index (χ4v) is 3.35. The standard InChI is InChI=1S/C17H24N2O2/c1-19(2)18-16-8-9-17(20-10-11-21-17)13-15(16)12-14-6-4-3-5-7-14/h3-7,15H,8-13H2,1-2H3/b18-16-. The van der Waals surface area contributed by atoms with Crippen molar-refractivity contribution < 1.29 is 9.47 Å². The molecule has 0 bridgehead atoms. The molecule has 3 rings (SSSR count). The minimum absolute atomic E-state index is 0.356. The van der Waals surface area contributed by atoms with Crippen LogP contribution in [0, 0.1) is 5.92 Å². The molecule has 21 heavy (non-hydrogen) atoms. The van der Waals surface area contributed by atoms with Gasteiger partial charge < -0.3 is 14.5 Å². The third-order valence-corrected chi connectivity index (χ3v) is 4.26. The molecule has 0 amide bonds. The molecular weight excluding hydrogens is 264 g/mol. The van der Waals surface area contributed by atoms with Gasteiger partial charge in [0.1, 0.15) is 0 Å². The van der Waals surface area contributed by atoms with E-state index in [2.05, 4.69) is 30.3 Å². The molecule has 0 N–H and O–H groups in total. The maximum Gasteiger partial charge on any atom is 0.169 e. The van der Waals surface area contributed by atoms with E-state index < -0.39 is 0 Å². The Morgan fingerprint density at radius 3 is 2.57 bits per heavy atom.